The Morgan fingerprint density at radius 1 is 1.18 bits per heavy atom. The monoisotopic (exact) mass is 401 g/mol. The molecule has 1 aliphatic heterocycles. The van der Waals surface area contributed by atoms with E-state index >= 15 is 0 Å². The number of amides is 2. The minimum absolute atomic E-state index is 0.105. The second-order valence-electron chi connectivity index (χ2n) is 6.23. The number of nitrogens with one attached hydrogen (secondary N) is 1. The van der Waals surface area contributed by atoms with Crippen molar-refractivity contribution in [2.24, 2.45) is 11.0 Å². The molecule has 1 heterocycles. The number of methoxy groups -OCH3 is 2. The predicted molar refractivity (Wildman–Crippen MR) is 107 cm³/mol. The molecule has 1 fully saturated rings. The van der Waals surface area contributed by atoms with E-state index in [9.17, 15) is 9.59 Å². The molecule has 0 unspecified atom stereocenters. The molecule has 1 saturated heterocycles. The maximum Gasteiger partial charge on any atom is 0.245 e. The van der Waals surface area contributed by atoms with Gasteiger partial charge in [-0.1, -0.05) is 11.6 Å². The summed E-state index contributed by atoms with van der Waals surface area (Å²) in [5.74, 6) is 0.298. The number of hydrogen-bond acceptors (Lipinski definition) is 5. The molecule has 8 heteroatoms. The van der Waals surface area contributed by atoms with Crippen LogP contribution in [0.5, 0.6) is 11.5 Å². The summed E-state index contributed by atoms with van der Waals surface area (Å²) < 4.78 is 10.4. The Bertz CT molecular complexity index is 899. The lowest BCUT2D eigenvalue weighted by Crippen LogP contribution is -2.30. The Kier molecular flexibility index (Phi) is 6.16. The topological polar surface area (TPSA) is 80.2 Å². The third kappa shape index (κ3) is 4.43. The summed E-state index contributed by atoms with van der Waals surface area (Å²) in [4.78, 5) is 26.2. The van der Waals surface area contributed by atoms with Crippen LogP contribution >= 0.6 is 11.6 Å². The van der Waals surface area contributed by atoms with Gasteiger partial charge in [0.05, 0.1) is 26.4 Å². The van der Waals surface area contributed by atoms with Crippen molar-refractivity contribution in [2.75, 3.05) is 25.7 Å². The number of hydrazone groups is 1. The highest BCUT2D eigenvalue weighted by Gasteiger charge is 2.35. The fraction of sp³-hybridized carbons (Fsp3) is 0.250. The molecule has 146 valence electrons. The molecule has 1 aliphatic rings. The molecule has 0 radical (unpaired) electrons. The summed E-state index contributed by atoms with van der Waals surface area (Å²) in [7, 11) is 3.10. The maximum absolute atomic E-state index is 12.4. The minimum Gasteiger partial charge on any atom is -0.493 e. The number of carbonyl (C=O) groups is 2. The van der Waals surface area contributed by atoms with Crippen LogP contribution in [0, 0.1) is 5.92 Å². The third-order valence-corrected chi connectivity index (χ3v) is 4.68. The van der Waals surface area contributed by atoms with Crippen LogP contribution in [0.25, 0.3) is 0 Å². The Morgan fingerprint density at radius 2 is 1.89 bits per heavy atom. The first-order valence-corrected chi connectivity index (χ1v) is 9.00. The highest BCUT2D eigenvalue weighted by Crippen LogP contribution is 2.27. The number of carbonyl (C=O) groups excluding carboxylic acids is 2. The van der Waals surface area contributed by atoms with Crippen LogP contribution in [-0.4, -0.2) is 38.8 Å². The van der Waals surface area contributed by atoms with E-state index in [-0.39, 0.29) is 18.2 Å². The molecule has 0 bridgehead atoms. The summed E-state index contributed by atoms with van der Waals surface area (Å²) in [6.07, 6.45) is 1.65. The first-order valence-electron chi connectivity index (χ1n) is 8.62. The van der Waals surface area contributed by atoms with Gasteiger partial charge in [0.15, 0.2) is 11.5 Å². The molecule has 0 aromatic heterocycles. The van der Waals surface area contributed by atoms with Gasteiger partial charge in [-0.25, -0.2) is 5.43 Å². The van der Waals surface area contributed by atoms with Crippen molar-refractivity contribution in [2.45, 2.75) is 6.42 Å². The Morgan fingerprint density at radius 3 is 2.57 bits per heavy atom. The maximum atomic E-state index is 12.4. The van der Waals surface area contributed by atoms with Crippen molar-refractivity contribution in [3.8, 4) is 11.5 Å². The number of nitrogens with zero attached hydrogens (tertiary/aromatic N) is 2. The van der Waals surface area contributed by atoms with Crippen molar-refractivity contribution in [1.82, 2.24) is 5.43 Å². The van der Waals surface area contributed by atoms with E-state index in [0.29, 0.717) is 23.1 Å². The van der Waals surface area contributed by atoms with Crippen molar-refractivity contribution < 1.29 is 19.1 Å². The summed E-state index contributed by atoms with van der Waals surface area (Å²) in [6, 6.07) is 12.2. The van der Waals surface area contributed by atoms with E-state index in [4.69, 9.17) is 21.1 Å². The van der Waals surface area contributed by atoms with Crippen LogP contribution in [-0.2, 0) is 9.59 Å². The number of halogens is 1. The average Bonchev–Trinajstić information content (AvgIpc) is 3.10. The molecule has 1 atom stereocenters. The number of ether oxygens (including phenoxy) is 2. The Balaban J connectivity index is 1.60. The lowest BCUT2D eigenvalue weighted by atomic mass is 10.1. The number of rotatable bonds is 6. The van der Waals surface area contributed by atoms with Crippen molar-refractivity contribution >= 4 is 35.3 Å². The minimum atomic E-state index is -0.467. The van der Waals surface area contributed by atoms with Crippen molar-refractivity contribution in [3.05, 3.63) is 53.1 Å². The summed E-state index contributed by atoms with van der Waals surface area (Å²) in [6.45, 7) is 0.304. The fourth-order valence-electron chi connectivity index (χ4n) is 2.95. The molecular weight excluding hydrogens is 382 g/mol. The molecule has 0 spiro atoms. The molecule has 7 nitrogen and oxygen atoms in total. The average molecular weight is 402 g/mol. The molecule has 28 heavy (non-hydrogen) atoms. The highest BCUT2D eigenvalue weighted by molar-refractivity contribution is 6.30. The number of hydrogen-bond donors (Lipinski definition) is 1. The molecule has 2 aromatic rings. The lowest BCUT2D eigenvalue weighted by Gasteiger charge is -2.16. The second-order valence-corrected chi connectivity index (χ2v) is 6.67. The van der Waals surface area contributed by atoms with Crippen LogP contribution < -0.4 is 19.8 Å². The lowest BCUT2D eigenvalue weighted by molar-refractivity contribution is -0.126. The van der Waals surface area contributed by atoms with Gasteiger partial charge in [0.25, 0.3) is 0 Å². The molecule has 0 aliphatic carbocycles. The number of benzene rings is 2. The van der Waals surface area contributed by atoms with Crippen LogP contribution in [0.15, 0.2) is 47.6 Å². The van der Waals surface area contributed by atoms with Gasteiger partial charge in [-0.05, 0) is 48.0 Å². The number of anilines is 1. The van der Waals surface area contributed by atoms with Crippen LogP contribution in [0.2, 0.25) is 5.02 Å². The summed E-state index contributed by atoms with van der Waals surface area (Å²) in [5.41, 5.74) is 3.96. The van der Waals surface area contributed by atoms with E-state index < -0.39 is 5.92 Å². The fourth-order valence-corrected chi connectivity index (χ4v) is 3.07. The molecule has 2 aromatic carbocycles. The zero-order valence-corrected chi connectivity index (χ0v) is 16.3. The van der Waals surface area contributed by atoms with Gasteiger partial charge in [0.2, 0.25) is 11.8 Å². The first-order chi connectivity index (χ1) is 13.5. The molecule has 3 rings (SSSR count). The van der Waals surface area contributed by atoms with Gasteiger partial charge in [0, 0.05) is 23.7 Å². The predicted octanol–water partition coefficient (Wildman–Crippen LogP) is 2.86. The highest BCUT2D eigenvalue weighted by atomic mass is 35.5. The van der Waals surface area contributed by atoms with E-state index in [2.05, 4.69) is 10.5 Å². The molecule has 0 saturated carbocycles. The van der Waals surface area contributed by atoms with Gasteiger partial charge >= 0.3 is 0 Å². The molecular formula is C20H20ClN3O4. The van der Waals surface area contributed by atoms with Crippen molar-refractivity contribution in [1.29, 1.82) is 0 Å². The standard InChI is InChI=1S/C20H20ClN3O4/c1-27-17-8-3-13(9-18(17)28-2)11-22-23-20(26)14-10-19(25)24(12-14)16-6-4-15(21)5-7-16/h3-9,11,14H,10,12H2,1-2H3,(H,23,26)/t14-/m0/s1. The quantitative estimate of drug-likeness (QED) is 0.596. The summed E-state index contributed by atoms with van der Waals surface area (Å²) in [5, 5.41) is 4.58. The van der Waals surface area contributed by atoms with Crippen molar-refractivity contribution in [3.63, 3.8) is 0 Å². The van der Waals surface area contributed by atoms with Gasteiger partial charge in [-0.3, -0.25) is 9.59 Å². The summed E-state index contributed by atoms with van der Waals surface area (Å²) >= 11 is 5.88. The van der Waals surface area contributed by atoms with Gasteiger partial charge in [-0.2, -0.15) is 5.10 Å². The van der Waals surface area contributed by atoms with Gasteiger partial charge < -0.3 is 14.4 Å². The van der Waals surface area contributed by atoms with Gasteiger partial charge in [0.1, 0.15) is 0 Å². The van der Waals surface area contributed by atoms with E-state index in [1.165, 1.54) is 6.21 Å². The van der Waals surface area contributed by atoms with E-state index in [1.807, 2.05) is 0 Å². The Hall–Kier alpha value is -3.06. The SMILES string of the molecule is COc1ccc(C=NNC(=O)[C@H]2CC(=O)N(c3ccc(Cl)cc3)C2)cc1OC. The van der Waals surface area contributed by atoms with E-state index in [1.54, 1.807) is 61.6 Å². The second kappa shape index (κ2) is 8.75. The Labute approximate surface area is 167 Å². The normalized spacial score (nSPS) is 16.5. The first kappa shape index (κ1) is 19.7. The van der Waals surface area contributed by atoms with E-state index in [0.717, 1.165) is 11.3 Å². The smallest absolute Gasteiger partial charge is 0.245 e. The van der Waals surface area contributed by atoms with Crippen LogP contribution in [0.1, 0.15) is 12.0 Å². The molecule has 2 amide bonds. The molecule has 1 N–H and O–H groups in total. The largest absolute Gasteiger partial charge is 0.493 e. The van der Waals surface area contributed by atoms with Crippen LogP contribution in [0.4, 0.5) is 5.69 Å². The third-order valence-electron chi connectivity index (χ3n) is 4.43. The van der Waals surface area contributed by atoms with Gasteiger partial charge in [-0.15, -0.1) is 0 Å². The zero-order chi connectivity index (χ0) is 20.1. The zero-order valence-electron chi connectivity index (χ0n) is 15.5. The van der Waals surface area contributed by atoms with Crippen LogP contribution in [0.3, 0.4) is 0 Å².